The summed E-state index contributed by atoms with van der Waals surface area (Å²) in [6.45, 7) is 10.9. The highest BCUT2D eigenvalue weighted by Gasteiger charge is 2.40. The molecule has 3 nitrogen and oxygen atoms in total. The van der Waals surface area contributed by atoms with Gasteiger partial charge in [0.2, 0.25) is 5.91 Å². The topological polar surface area (TPSA) is 32.3 Å². The molecule has 0 aromatic carbocycles. The first-order chi connectivity index (χ1) is 9.92. The summed E-state index contributed by atoms with van der Waals surface area (Å²) in [5, 5.41) is 3.59. The number of nitrogens with one attached hydrogen (secondary N) is 1. The Morgan fingerprint density at radius 3 is 2.48 bits per heavy atom. The number of carbonyl (C=O) groups is 1. The number of hydrogen-bond acceptors (Lipinski definition) is 2. The van der Waals surface area contributed by atoms with Gasteiger partial charge in [-0.25, -0.2) is 0 Å². The zero-order chi connectivity index (χ0) is 15.5. The Bertz CT molecular complexity index is 345. The molecule has 1 heterocycles. The van der Waals surface area contributed by atoms with E-state index in [1.54, 1.807) is 0 Å². The summed E-state index contributed by atoms with van der Waals surface area (Å²) in [5.74, 6) is 0.624. The van der Waals surface area contributed by atoms with Crippen LogP contribution in [0.15, 0.2) is 0 Å². The average Bonchev–Trinajstić information content (AvgIpc) is 2.44. The van der Waals surface area contributed by atoms with Gasteiger partial charge >= 0.3 is 0 Å². The predicted molar refractivity (Wildman–Crippen MR) is 88.2 cm³/mol. The van der Waals surface area contributed by atoms with Crippen molar-refractivity contribution in [3.8, 4) is 0 Å². The van der Waals surface area contributed by atoms with Gasteiger partial charge in [0.05, 0.1) is 0 Å². The van der Waals surface area contributed by atoms with Crippen molar-refractivity contribution >= 4 is 5.91 Å². The van der Waals surface area contributed by atoms with Gasteiger partial charge < -0.3 is 10.2 Å². The van der Waals surface area contributed by atoms with Gasteiger partial charge in [-0.05, 0) is 51.5 Å². The number of piperidine rings is 1. The minimum absolute atomic E-state index is 0.169. The maximum atomic E-state index is 13.1. The molecule has 0 aromatic rings. The largest absolute Gasteiger partial charge is 0.338 e. The van der Waals surface area contributed by atoms with Gasteiger partial charge in [-0.15, -0.1) is 0 Å². The fraction of sp³-hybridized carbons (Fsp3) is 0.944. The first-order valence-corrected chi connectivity index (χ1v) is 8.95. The molecule has 2 fully saturated rings. The predicted octanol–water partition coefficient (Wildman–Crippen LogP) is 3.58. The maximum Gasteiger partial charge on any atom is 0.226 e. The second kappa shape index (κ2) is 7.13. The highest BCUT2D eigenvalue weighted by atomic mass is 16.2. The maximum absolute atomic E-state index is 13.1. The normalized spacial score (nSPS) is 29.4. The van der Waals surface area contributed by atoms with E-state index >= 15 is 0 Å². The summed E-state index contributed by atoms with van der Waals surface area (Å²) in [4.78, 5) is 15.3. The summed E-state index contributed by atoms with van der Waals surface area (Å²) in [6.07, 6.45) is 8.55. The Balaban J connectivity index is 2.04. The molecule has 1 N–H and O–H groups in total. The van der Waals surface area contributed by atoms with Crippen LogP contribution < -0.4 is 5.32 Å². The summed E-state index contributed by atoms with van der Waals surface area (Å²) < 4.78 is 0. The first kappa shape index (κ1) is 16.8. The molecule has 1 amide bonds. The van der Waals surface area contributed by atoms with E-state index in [9.17, 15) is 4.79 Å². The van der Waals surface area contributed by atoms with Crippen molar-refractivity contribution in [2.45, 2.75) is 84.7 Å². The van der Waals surface area contributed by atoms with Crippen LogP contribution in [-0.2, 0) is 4.79 Å². The Morgan fingerprint density at radius 2 is 1.90 bits per heavy atom. The second-order valence-corrected chi connectivity index (χ2v) is 8.02. The Morgan fingerprint density at radius 1 is 1.19 bits per heavy atom. The van der Waals surface area contributed by atoms with Crippen molar-refractivity contribution in [2.24, 2.45) is 11.3 Å². The summed E-state index contributed by atoms with van der Waals surface area (Å²) in [7, 11) is 0. The van der Waals surface area contributed by atoms with Crippen LogP contribution in [0.2, 0.25) is 0 Å². The van der Waals surface area contributed by atoms with Crippen LogP contribution in [-0.4, -0.2) is 36.0 Å². The Labute approximate surface area is 130 Å². The molecule has 0 aromatic heterocycles. The highest BCUT2D eigenvalue weighted by Crippen LogP contribution is 2.41. The van der Waals surface area contributed by atoms with Crippen molar-refractivity contribution in [1.82, 2.24) is 10.2 Å². The van der Waals surface area contributed by atoms with Gasteiger partial charge in [0.1, 0.15) is 0 Å². The zero-order valence-electron chi connectivity index (χ0n) is 14.5. The summed E-state index contributed by atoms with van der Waals surface area (Å²) in [5.41, 5.74) is 0.169. The van der Waals surface area contributed by atoms with E-state index in [4.69, 9.17) is 0 Å². The van der Waals surface area contributed by atoms with E-state index < -0.39 is 0 Å². The number of nitrogens with zero attached hydrogens (tertiary/aromatic N) is 1. The molecule has 1 saturated carbocycles. The van der Waals surface area contributed by atoms with Gasteiger partial charge in [-0.2, -0.15) is 0 Å². The van der Waals surface area contributed by atoms with Crippen LogP contribution in [0.3, 0.4) is 0 Å². The molecule has 3 heteroatoms. The van der Waals surface area contributed by atoms with Gasteiger partial charge in [0.15, 0.2) is 0 Å². The van der Waals surface area contributed by atoms with E-state index in [0.717, 1.165) is 19.5 Å². The Kier molecular flexibility index (Phi) is 5.70. The molecule has 0 radical (unpaired) electrons. The smallest absolute Gasteiger partial charge is 0.226 e. The Hall–Kier alpha value is -0.570. The molecular formula is C18H34N2O. The lowest BCUT2D eigenvalue weighted by Gasteiger charge is -2.42. The van der Waals surface area contributed by atoms with Gasteiger partial charge in [0, 0.05) is 24.5 Å². The highest BCUT2D eigenvalue weighted by molar-refractivity contribution is 5.80. The summed E-state index contributed by atoms with van der Waals surface area (Å²) in [6, 6.07) is 0.802. The van der Waals surface area contributed by atoms with Crippen molar-refractivity contribution in [2.75, 3.05) is 13.1 Å². The SMILES string of the molecule is CC(C)N(CC1CCCCN1)C(=O)C1CCCCC1(C)C. The van der Waals surface area contributed by atoms with Crippen molar-refractivity contribution < 1.29 is 4.79 Å². The van der Waals surface area contributed by atoms with Crippen LogP contribution in [0.25, 0.3) is 0 Å². The van der Waals surface area contributed by atoms with E-state index in [-0.39, 0.29) is 11.3 Å². The minimum atomic E-state index is 0.169. The standard InChI is InChI=1S/C18H34N2O/c1-14(2)20(13-15-9-6-8-12-19-15)17(21)16-10-5-7-11-18(16,3)4/h14-16,19H,5-13H2,1-4H3. The third-order valence-electron chi connectivity index (χ3n) is 5.54. The number of rotatable bonds is 4. The minimum Gasteiger partial charge on any atom is -0.338 e. The first-order valence-electron chi connectivity index (χ1n) is 8.95. The molecule has 0 bridgehead atoms. The van der Waals surface area contributed by atoms with E-state index in [1.807, 2.05) is 0 Å². The fourth-order valence-corrected chi connectivity index (χ4v) is 4.02. The third kappa shape index (κ3) is 4.21. The van der Waals surface area contributed by atoms with Crippen LogP contribution in [0.1, 0.15) is 72.6 Å². The molecule has 2 atom stereocenters. The molecule has 1 aliphatic carbocycles. The van der Waals surface area contributed by atoms with Crippen molar-refractivity contribution in [1.29, 1.82) is 0 Å². The van der Waals surface area contributed by atoms with E-state index in [1.165, 1.54) is 38.5 Å². The second-order valence-electron chi connectivity index (χ2n) is 8.02. The quantitative estimate of drug-likeness (QED) is 0.859. The monoisotopic (exact) mass is 294 g/mol. The molecule has 21 heavy (non-hydrogen) atoms. The van der Waals surface area contributed by atoms with E-state index in [2.05, 4.69) is 37.9 Å². The molecular weight excluding hydrogens is 260 g/mol. The van der Waals surface area contributed by atoms with Gasteiger partial charge in [-0.3, -0.25) is 4.79 Å². The van der Waals surface area contributed by atoms with Crippen LogP contribution in [0, 0.1) is 11.3 Å². The molecule has 2 rings (SSSR count). The number of carbonyl (C=O) groups excluding carboxylic acids is 1. The molecule has 1 saturated heterocycles. The fourth-order valence-electron chi connectivity index (χ4n) is 4.02. The number of hydrogen-bond donors (Lipinski definition) is 1. The summed E-state index contributed by atoms with van der Waals surface area (Å²) >= 11 is 0. The lowest BCUT2D eigenvalue weighted by Crippen LogP contribution is -2.52. The van der Waals surface area contributed by atoms with Crippen LogP contribution in [0.4, 0.5) is 0 Å². The van der Waals surface area contributed by atoms with Crippen LogP contribution in [0.5, 0.6) is 0 Å². The van der Waals surface area contributed by atoms with Crippen molar-refractivity contribution in [3.63, 3.8) is 0 Å². The molecule has 2 aliphatic rings. The van der Waals surface area contributed by atoms with Crippen molar-refractivity contribution in [3.05, 3.63) is 0 Å². The number of amides is 1. The molecule has 122 valence electrons. The lowest BCUT2D eigenvalue weighted by molar-refractivity contribution is -0.143. The average molecular weight is 294 g/mol. The van der Waals surface area contributed by atoms with Gasteiger partial charge in [-0.1, -0.05) is 33.1 Å². The van der Waals surface area contributed by atoms with Gasteiger partial charge in [0.25, 0.3) is 0 Å². The molecule has 1 aliphatic heterocycles. The third-order valence-corrected chi connectivity index (χ3v) is 5.54. The molecule has 0 spiro atoms. The zero-order valence-corrected chi connectivity index (χ0v) is 14.5. The lowest BCUT2D eigenvalue weighted by atomic mass is 9.68. The molecule has 2 unspecified atom stereocenters. The van der Waals surface area contributed by atoms with E-state index in [0.29, 0.717) is 18.0 Å². The van der Waals surface area contributed by atoms with Crippen LogP contribution >= 0.6 is 0 Å².